The van der Waals surface area contributed by atoms with E-state index in [0.717, 1.165) is 11.3 Å². The van der Waals surface area contributed by atoms with Crippen molar-refractivity contribution in [3.63, 3.8) is 0 Å². The van der Waals surface area contributed by atoms with Crippen molar-refractivity contribution in [2.45, 2.75) is 6.61 Å². The minimum Gasteiger partial charge on any atom is -0.488 e. The summed E-state index contributed by atoms with van der Waals surface area (Å²) in [5.41, 5.74) is 0.751. The van der Waals surface area contributed by atoms with Crippen molar-refractivity contribution >= 4 is 17.3 Å². The lowest BCUT2D eigenvalue weighted by molar-refractivity contribution is 0.0702. The number of hydrogen-bond acceptors (Lipinski definition) is 4. The molecule has 0 amide bonds. The van der Waals surface area contributed by atoms with Crippen molar-refractivity contribution in [1.29, 1.82) is 5.26 Å². The fourth-order valence-electron chi connectivity index (χ4n) is 1.46. The van der Waals surface area contributed by atoms with E-state index in [9.17, 15) is 9.18 Å². The van der Waals surface area contributed by atoms with E-state index in [1.165, 1.54) is 24.3 Å². The lowest BCUT2D eigenvalue weighted by atomic mass is 10.1. The molecule has 0 saturated carbocycles. The zero-order chi connectivity index (χ0) is 13.8. The zero-order valence-electron chi connectivity index (χ0n) is 9.59. The van der Waals surface area contributed by atoms with Crippen LogP contribution in [0.15, 0.2) is 29.6 Å². The van der Waals surface area contributed by atoms with Gasteiger partial charge < -0.3 is 9.84 Å². The van der Waals surface area contributed by atoms with E-state index in [1.807, 2.05) is 6.07 Å². The summed E-state index contributed by atoms with van der Waals surface area (Å²) in [6.45, 7) is 0.0104. The molecule has 0 fully saturated rings. The third-order valence-corrected chi connectivity index (χ3v) is 3.26. The lowest BCUT2D eigenvalue weighted by Crippen LogP contribution is -1.98. The number of ether oxygens (including phenoxy) is 1. The number of nitrogens with zero attached hydrogens (tertiary/aromatic N) is 1. The van der Waals surface area contributed by atoms with Gasteiger partial charge in [-0.25, -0.2) is 9.18 Å². The third kappa shape index (κ3) is 3.09. The number of hydrogen-bond donors (Lipinski definition) is 1. The summed E-state index contributed by atoms with van der Waals surface area (Å²) in [4.78, 5) is 10.9. The molecule has 0 aliphatic rings. The van der Waals surface area contributed by atoms with Crippen molar-refractivity contribution in [2.24, 2.45) is 0 Å². The second-order valence-electron chi connectivity index (χ2n) is 3.65. The number of halogens is 1. The van der Waals surface area contributed by atoms with E-state index in [2.05, 4.69) is 0 Å². The van der Waals surface area contributed by atoms with Gasteiger partial charge in [0.25, 0.3) is 0 Å². The van der Waals surface area contributed by atoms with Gasteiger partial charge in [-0.3, -0.25) is 0 Å². The molecule has 2 rings (SSSR count). The van der Waals surface area contributed by atoms with Crippen molar-refractivity contribution < 1.29 is 19.0 Å². The summed E-state index contributed by atoms with van der Waals surface area (Å²) < 4.78 is 18.4. The van der Waals surface area contributed by atoms with Crippen LogP contribution in [0.4, 0.5) is 4.39 Å². The van der Waals surface area contributed by atoms with Gasteiger partial charge in [0.05, 0.1) is 11.6 Å². The maximum Gasteiger partial charge on any atom is 0.346 e. The Kier molecular flexibility index (Phi) is 3.78. The molecule has 0 unspecified atom stereocenters. The Morgan fingerprint density at radius 1 is 1.47 bits per heavy atom. The first kappa shape index (κ1) is 13.1. The molecule has 0 aliphatic heterocycles. The first-order valence-corrected chi connectivity index (χ1v) is 6.11. The summed E-state index contributed by atoms with van der Waals surface area (Å²) in [5, 5.41) is 19.2. The molecule has 0 atom stereocenters. The van der Waals surface area contributed by atoms with Crippen LogP contribution in [0.2, 0.25) is 0 Å². The highest BCUT2D eigenvalue weighted by Crippen LogP contribution is 2.23. The first-order chi connectivity index (χ1) is 9.10. The molecule has 4 nitrogen and oxygen atoms in total. The highest BCUT2D eigenvalue weighted by atomic mass is 32.1. The molecular formula is C13H8FNO3S. The number of aromatic carboxylic acids is 1. The van der Waals surface area contributed by atoms with Gasteiger partial charge in [0.1, 0.15) is 23.1 Å². The standard InChI is InChI=1S/C13H8FNO3S/c14-10-2-1-8(5-15)9(3-10)6-18-11-4-12(13(16)17)19-7-11/h1-4,7H,6H2,(H,16,17). The van der Waals surface area contributed by atoms with Crippen LogP contribution in [-0.4, -0.2) is 11.1 Å². The number of carboxylic acid groups (broad SMARTS) is 1. The molecule has 19 heavy (non-hydrogen) atoms. The quantitative estimate of drug-likeness (QED) is 0.932. The molecule has 1 heterocycles. The Hall–Kier alpha value is -2.39. The topological polar surface area (TPSA) is 70.3 Å². The van der Waals surface area contributed by atoms with Crippen LogP contribution in [0.3, 0.4) is 0 Å². The Bertz CT molecular complexity index is 660. The molecule has 1 N–H and O–H groups in total. The normalized spacial score (nSPS) is 9.89. The van der Waals surface area contributed by atoms with Crippen LogP contribution in [0, 0.1) is 17.1 Å². The first-order valence-electron chi connectivity index (χ1n) is 5.23. The Morgan fingerprint density at radius 2 is 2.26 bits per heavy atom. The van der Waals surface area contributed by atoms with Gasteiger partial charge in [-0.2, -0.15) is 5.26 Å². The summed E-state index contributed by atoms with van der Waals surface area (Å²) in [7, 11) is 0. The SMILES string of the molecule is N#Cc1ccc(F)cc1COc1csc(C(=O)O)c1. The maximum absolute atomic E-state index is 13.1. The fraction of sp³-hybridized carbons (Fsp3) is 0.0769. The van der Waals surface area contributed by atoms with Gasteiger partial charge >= 0.3 is 5.97 Å². The lowest BCUT2D eigenvalue weighted by Gasteiger charge is -2.05. The molecule has 1 aromatic carbocycles. The van der Waals surface area contributed by atoms with Crippen LogP contribution in [0.5, 0.6) is 5.75 Å². The minimum atomic E-state index is -1.02. The average Bonchev–Trinajstić information content (AvgIpc) is 2.85. The zero-order valence-corrected chi connectivity index (χ0v) is 10.4. The van der Waals surface area contributed by atoms with Crippen molar-refractivity contribution in [1.82, 2.24) is 0 Å². The van der Waals surface area contributed by atoms with Gasteiger partial charge in [-0.05, 0) is 18.2 Å². The Balaban J connectivity index is 2.12. The predicted molar refractivity (Wildman–Crippen MR) is 66.7 cm³/mol. The molecule has 96 valence electrons. The van der Waals surface area contributed by atoms with Gasteiger partial charge in [0.15, 0.2) is 0 Å². The molecule has 0 saturated heterocycles. The van der Waals surface area contributed by atoms with Gasteiger partial charge in [-0.1, -0.05) is 0 Å². The second-order valence-corrected chi connectivity index (χ2v) is 4.56. The van der Waals surface area contributed by atoms with Crippen molar-refractivity contribution in [2.75, 3.05) is 0 Å². The predicted octanol–water partition coefficient (Wildman–Crippen LogP) is 3.04. The van der Waals surface area contributed by atoms with E-state index in [-0.39, 0.29) is 11.5 Å². The molecular weight excluding hydrogens is 269 g/mol. The number of carbonyl (C=O) groups is 1. The van der Waals surface area contributed by atoms with Gasteiger partial charge in [0, 0.05) is 17.0 Å². The number of nitriles is 1. The van der Waals surface area contributed by atoms with Crippen LogP contribution in [-0.2, 0) is 6.61 Å². The van der Waals surface area contributed by atoms with E-state index >= 15 is 0 Å². The maximum atomic E-state index is 13.1. The van der Waals surface area contributed by atoms with E-state index in [4.69, 9.17) is 15.1 Å². The summed E-state index contributed by atoms with van der Waals surface area (Å²) >= 11 is 1.04. The molecule has 2 aromatic rings. The highest BCUT2D eigenvalue weighted by molar-refractivity contribution is 7.12. The number of rotatable bonds is 4. The van der Waals surface area contributed by atoms with Crippen LogP contribution < -0.4 is 4.74 Å². The van der Waals surface area contributed by atoms with Crippen LogP contribution in [0.25, 0.3) is 0 Å². The van der Waals surface area contributed by atoms with Crippen molar-refractivity contribution in [3.8, 4) is 11.8 Å². The smallest absolute Gasteiger partial charge is 0.346 e. The number of thiophene rings is 1. The molecule has 0 aliphatic carbocycles. The highest BCUT2D eigenvalue weighted by Gasteiger charge is 2.09. The Morgan fingerprint density at radius 3 is 2.89 bits per heavy atom. The largest absolute Gasteiger partial charge is 0.488 e. The average molecular weight is 277 g/mol. The molecule has 0 spiro atoms. The summed E-state index contributed by atoms with van der Waals surface area (Å²) in [6.07, 6.45) is 0. The van der Waals surface area contributed by atoms with E-state index in [0.29, 0.717) is 16.9 Å². The van der Waals surface area contributed by atoms with Crippen LogP contribution in [0.1, 0.15) is 20.8 Å². The van der Waals surface area contributed by atoms with Crippen molar-refractivity contribution in [3.05, 3.63) is 51.5 Å². The summed E-state index contributed by atoms with van der Waals surface area (Å²) in [6, 6.07) is 7.14. The molecule has 1 aromatic heterocycles. The fourth-order valence-corrected chi connectivity index (χ4v) is 2.12. The van der Waals surface area contributed by atoms with Gasteiger partial charge in [-0.15, -0.1) is 11.3 Å². The number of carboxylic acids is 1. The van der Waals surface area contributed by atoms with Gasteiger partial charge in [0.2, 0.25) is 0 Å². The number of benzene rings is 1. The molecule has 6 heteroatoms. The molecule has 0 bridgehead atoms. The Labute approximate surface area is 112 Å². The third-order valence-electron chi connectivity index (χ3n) is 2.37. The minimum absolute atomic E-state index is 0.0104. The monoisotopic (exact) mass is 277 g/mol. The summed E-state index contributed by atoms with van der Waals surface area (Å²) in [5.74, 6) is -1.09. The van der Waals surface area contributed by atoms with E-state index < -0.39 is 11.8 Å². The van der Waals surface area contributed by atoms with Crippen LogP contribution >= 0.6 is 11.3 Å². The van der Waals surface area contributed by atoms with E-state index in [1.54, 1.807) is 5.38 Å². The molecule has 0 radical (unpaired) electrons. The second kappa shape index (κ2) is 5.50.